The number of esters is 1. The number of ether oxygens (including phenoxy) is 1. The van der Waals surface area contributed by atoms with Crippen LogP contribution in [0.3, 0.4) is 0 Å². The topological polar surface area (TPSA) is 39.2 Å². The van der Waals surface area contributed by atoms with E-state index in [1.807, 2.05) is 37.3 Å². The van der Waals surface area contributed by atoms with E-state index in [4.69, 9.17) is 9.72 Å². The summed E-state index contributed by atoms with van der Waals surface area (Å²) in [5.41, 5.74) is 4.76. The molecular formula is C23H19NO2. The lowest BCUT2D eigenvalue weighted by Gasteiger charge is -2.09. The van der Waals surface area contributed by atoms with Crippen LogP contribution in [0.15, 0.2) is 66.7 Å². The van der Waals surface area contributed by atoms with Gasteiger partial charge in [0.25, 0.3) is 0 Å². The molecule has 0 atom stereocenters. The van der Waals surface area contributed by atoms with Crippen LogP contribution in [0, 0.1) is 6.92 Å². The van der Waals surface area contributed by atoms with Crippen LogP contribution in [0.25, 0.3) is 32.8 Å². The van der Waals surface area contributed by atoms with Crippen molar-refractivity contribution in [2.75, 3.05) is 6.61 Å². The van der Waals surface area contributed by atoms with Crippen LogP contribution in [0.5, 0.6) is 0 Å². The van der Waals surface area contributed by atoms with Crippen molar-refractivity contribution in [3.63, 3.8) is 0 Å². The summed E-state index contributed by atoms with van der Waals surface area (Å²) in [4.78, 5) is 16.6. The van der Waals surface area contributed by atoms with Gasteiger partial charge in [-0.2, -0.15) is 0 Å². The second kappa shape index (κ2) is 6.60. The quantitative estimate of drug-likeness (QED) is 0.363. The maximum absolute atomic E-state index is 11.8. The Labute approximate surface area is 152 Å². The number of pyridine rings is 1. The van der Waals surface area contributed by atoms with Gasteiger partial charge in [0.05, 0.1) is 17.7 Å². The number of rotatable bonds is 3. The predicted octanol–water partition coefficient (Wildman–Crippen LogP) is 5.54. The molecule has 1 heterocycles. The zero-order valence-electron chi connectivity index (χ0n) is 14.8. The molecule has 0 saturated carbocycles. The molecule has 3 aromatic carbocycles. The molecule has 3 nitrogen and oxygen atoms in total. The van der Waals surface area contributed by atoms with Gasteiger partial charge in [-0.3, -0.25) is 4.98 Å². The Kier molecular flexibility index (Phi) is 4.13. The molecule has 0 aliphatic rings. The van der Waals surface area contributed by atoms with Crippen molar-refractivity contribution >= 4 is 27.6 Å². The Morgan fingerprint density at radius 2 is 1.58 bits per heavy atom. The number of carbonyl (C=O) groups excluding carboxylic acids is 1. The molecule has 4 rings (SSSR count). The van der Waals surface area contributed by atoms with Gasteiger partial charge in [-0.25, -0.2) is 4.79 Å². The molecule has 0 N–H and O–H groups in total. The fraction of sp³-hybridized carbons (Fsp3) is 0.130. The maximum atomic E-state index is 11.8. The van der Waals surface area contributed by atoms with Crippen LogP contribution >= 0.6 is 0 Å². The first-order chi connectivity index (χ1) is 12.7. The highest BCUT2D eigenvalue weighted by molar-refractivity contribution is 6.07. The summed E-state index contributed by atoms with van der Waals surface area (Å²) >= 11 is 0. The Hall–Kier alpha value is -3.20. The van der Waals surface area contributed by atoms with Crippen molar-refractivity contribution in [3.8, 4) is 11.1 Å². The van der Waals surface area contributed by atoms with Crippen molar-refractivity contribution in [2.45, 2.75) is 13.8 Å². The van der Waals surface area contributed by atoms with Crippen molar-refractivity contribution < 1.29 is 9.53 Å². The summed E-state index contributed by atoms with van der Waals surface area (Å²) in [5, 5.41) is 3.52. The van der Waals surface area contributed by atoms with Gasteiger partial charge in [0, 0.05) is 16.5 Å². The Morgan fingerprint density at radius 1 is 0.885 bits per heavy atom. The standard InChI is InChI=1S/C23H19NO2/c1-3-26-23(25)17-10-8-16(9-11-17)18-12-13-22-21(14-18)20-7-5-4-6-19(20)15(2)24-22/h4-14H,3H2,1-2H3. The molecule has 0 fully saturated rings. The van der Waals surface area contributed by atoms with Gasteiger partial charge in [-0.05, 0) is 54.6 Å². The van der Waals surface area contributed by atoms with Gasteiger partial charge < -0.3 is 4.74 Å². The van der Waals surface area contributed by atoms with E-state index in [2.05, 4.69) is 36.4 Å². The molecule has 0 spiro atoms. The Bertz CT molecular complexity index is 1110. The highest BCUT2D eigenvalue weighted by Gasteiger charge is 2.09. The van der Waals surface area contributed by atoms with Gasteiger partial charge in [-0.15, -0.1) is 0 Å². The summed E-state index contributed by atoms with van der Waals surface area (Å²) < 4.78 is 5.04. The number of hydrogen-bond donors (Lipinski definition) is 0. The minimum Gasteiger partial charge on any atom is -0.462 e. The molecule has 0 amide bonds. The molecule has 0 unspecified atom stereocenters. The van der Waals surface area contributed by atoms with Gasteiger partial charge in [0.15, 0.2) is 0 Å². The van der Waals surface area contributed by atoms with E-state index in [0.29, 0.717) is 12.2 Å². The third kappa shape index (κ3) is 2.82. The fourth-order valence-corrected chi connectivity index (χ4v) is 3.32. The first-order valence-corrected chi connectivity index (χ1v) is 8.74. The lowest BCUT2D eigenvalue weighted by Crippen LogP contribution is -2.03. The number of benzene rings is 3. The van der Waals surface area contributed by atoms with E-state index in [-0.39, 0.29) is 5.97 Å². The number of nitrogens with zero attached hydrogens (tertiary/aromatic N) is 1. The molecule has 0 aliphatic heterocycles. The van der Waals surface area contributed by atoms with E-state index in [9.17, 15) is 4.79 Å². The van der Waals surface area contributed by atoms with Gasteiger partial charge in [0.2, 0.25) is 0 Å². The molecule has 0 radical (unpaired) electrons. The zero-order valence-corrected chi connectivity index (χ0v) is 14.8. The number of aryl methyl sites for hydroxylation is 1. The minimum absolute atomic E-state index is 0.289. The third-order valence-electron chi connectivity index (χ3n) is 4.62. The summed E-state index contributed by atoms with van der Waals surface area (Å²) in [7, 11) is 0. The normalized spacial score (nSPS) is 11.0. The second-order valence-corrected chi connectivity index (χ2v) is 6.27. The van der Waals surface area contributed by atoms with Crippen LogP contribution in [-0.2, 0) is 4.74 Å². The molecule has 0 bridgehead atoms. The van der Waals surface area contributed by atoms with E-state index < -0.39 is 0 Å². The zero-order chi connectivity index (χ0) is 18.1. The summed E-state index contributed by atoms with van der Waals surface area (Å²) in [5.74, 6) is -0.289. The van der Waals surface area contributed by atoms with Crippen molar-refractivity contribution in [3.05, 3.63) is 78.0 Å². The largest absolute Gasteiger partial charge is 0.462 e. The molecule has 0 aliphatic carbocycles. The average molecular weight is 341 g/mol. The number of aromatic nitrogens is 1. The van der Waals surface area contributed by atoms with Gasteiger partial charge >= 0.3 is 5.97 Å². The number of fused-ring (bicyclic) bond motifs is 3. The average Bonchev–Trinajstić information content (AvgIpc) is 2.68. The first kappa shape index (κ1) is 16.3. The van der Waals surface area contributed by atoms with Crippen molar-refractivity contribution in [1.29, 1.82) is 0 Å². The highest BCUT2D eigenvalue weighted by Crippen LogP contribution is 2.30. The minimum atomic E-state index is -0.289. The van der Waals surface area contributed by atoms with Crippen LogP contribution < -0.4 is 0 Å². The van der Waals surface area contributed by atoms with Crippen molar-refractivity contribution in [1.82, 2.24) is 4.98 Å². The molecule has 4 aromatic rings. The Morgan fingerprint density at radius 3 is 2.31 bits per heavy atom. The summed E-state index contributed by atoms with van der Waals surface area (Å²) in [6.45, 7) is 4.23. The van der Waals surface area contributed by atoms with Gasteiger partial charge in [0.1, 0.15) is 0 Å². The fourth-order valence-electron chi connectivity index (χ4n) is 3.32. The number of hydrogen-bond acceptors (Lipinski definition) is 3. The van der Waals surface area contributed by atoms with Crippen LogP contribution in [-0.4, -0.2) is 17.6 Å². The predicted molar refractivity (Wildman–Crippen MR) is 105 cm³/mol. The lowest BCUT2D eigenvalue weighted by atomic mass is 9.98. The monoisotopic (exact) mass is 341 g/mol. The highest BCUT2D eigenvalue weighted by atomic mass is 16.5. The lowest BCUT2D eigenvalue weighted by molar-refractivity contribution is 0.0526. The SMILES string of the molecule is CCOC(=O)c1ccc(-c2ccc3nc(C)c4ccccc4c3c2)cc1. The second-order valence-electron chi connectivity index (χ2n) is 6.27. The molecule has 3 heteroatoms. The van der Waals surface area contributed by atoms with Crippen LogP contribution in [0.2, 0.25) is 0 Å². The van der Waals surface area contributed by atoms with E-state index >= 15 is 0 Å². The first-order valence-electron chi connectivity index (χ1n) is 8.74. The van der Waals surface area contributed by atoms with Gasteiger partial charge in [-0.1, -0.05) is 42.5 Å². The molecule has 0 saturated heterocycles. The summed E-state index contributed by atoms with van der Waals surface area (Å²) in [6, 6.07) is 22.2. The van der Waals surface area contributed by atoms with Crippen LogP contribution in [0.4, 0.5) is 0 Å². The van der Waals surface area contributed by atoms with Crippen molar-refractivity contribution in [2.24, 2.45) is 0 Å². The number of carbonyl (C=O) groups is 1. The van der Waals surface area contributed by atoms with Crippen LogP contribution in [0.1, 0.15) is 23.0 Å². The smallest absolute Gasteiger partial charge is 0.338 e. The molecule has 1 aromatic heterocycles. The molecule has 26 heavy (non-hydrogen) atoms. The summed E-state index contributed by atoms with van der Waals surface area (Å²) in [6.07, 6.45) is 0. The van der Waals surface area contributed by atoms with E-state index in [0.717, 1.165) is 27.7 Å². The van der Waals surface area contributed by atoms with E-state index in [1.54, 1.807) is 6.92 Å². The third-order valence-corrected chi connectivity index (χ3v) is 4.62. The molecular weight excluding hydrogens is 322 g/mol. The maximum Gasteiger partial charge on any atom is 0.338 e. The van der Waals surface area contributed by atoms with E-state index in [1.165, 1.54) is 10.8 Å². The Balaban J connectivity index is 1.81. The molecule has 128 valence electrons.